The summed E-state index contributed by atoms with van der Waals surface area (Å²) >= 11 is 0. The minimum absolute atomic E-state index is 0.235. The summed E-state index contributed by atoms with van der Waals surface area (Å²) in [6, 6.07) is 0. The van der Waals surface area contributed by atoms with Crippen LogP contribution in [0.1, 0.15) is 38.5 Å². The van der Waals surface area contributed by atoms with E-state index in [1.165, 1.54) is 45.2 Å². The van der Waals surface area contributed by atoms with Gasteiger partial charge in [-0.25, -0.2) is 0 Å². The van der Waals surface area contributed by atoms with Gasteiger partial charge in [0.25, 0.3) is 0 Å². The molecule has 1 atom stereocenters. The Kier molecular flexibility index (Phi) is 4.74. The summed E-state index contributed by atoms with van der Waals surface area (Å²) in [4.78, 5) is 2.57. The van der Waals surface area contributed by atoms with E-state index in [2.05, 4.69) is 4.90 Å². The quantitative estimate of drug-likeness (QED) is 0.782. The fourth-order valence-corrected chi connectivity index (χ4v) is 3.52. The molecule has 4 heteroatoms. The third kappa shape index (κ3) is 3.69. The van der Waals surface area contributed by atoms with Gasteiger partial charge in [0.15, 0.2) is 0 Å². The second-order valence-electron chi connectivity index (χ2n) is 6.19. The maximum atomic E-state index is 6.08. The maximum Gasteiger partial charge on any atom is 0.0821 e. The van der Waals surface area contributed by atoms with Crippen molar-refractivity contribution < 1.29 is 14.2 Å². The molecular formula is C15H27NO3. The number of hydrogen-bond acceptors (Lipinski definition) is 4. The van der Waals surface area contributed by atoms with Crippen LogP contribution in [0.5, 0.6) is 0 Å². The van der Waals surface area contributed by atoms with Crippen molar-refractivity contribution in [1.82, 2.24) is 4.90 Å². The number of piperidine rings is 1. The van der Waals surface area contributed by atoms with Crippen LogP contribution in [0.15, 0.2) is 0 Å². The molecule has 0 aromatic carbocycles. The van der Waals surface area contributed by atoms with Crippen molar-refractivity contribution in [1.29, 1.82) is 0 Å². The highest BCUT2D eigenvalue weighted by atomic mass is 16.6. The van der Waals surface area contributed by atoms with Crippen LogP contribution in [-0.4, -0.2) is 62.7 Å². The monoisotopic (exact) mass is 269 g/mol. The van der Waals surface area contributed by atoms with E-state index >= 15 is 0 Å². The van der Waals surface area contributed by atoms with Crippen molar-refractivity contribution in [2.75, 3.05) is 46.1 Å². The summed E-state index contributed by atoms with van der Waals surface area (Å²) in [5.41, 5.74) is 0.235. The number of rotatable bonds is 3. The number of nitrogens with zero attached hydrogens (tertiary/aromatic N) is 1. The Labute approximate surface area is 116 Å². The molecule has 0 aliphatic carbocycles. The van der Waals surface area contributed by atoms with Crippen LogP contribution < -0.4 is 0 Å². The average Bonchev–Trinajstić information content (AvgIpc) is 2.49. The molecule has 4 nitrogen and oxygen atoms in total. The number of likely N-dealkylation sites (tertiary alicyclic amines) is 1. The maximum absolute atomic E-state index is 6.08. The van der Waals surface area contributed by atoms with Gasteiger partial charge in [-0.15, -0.1) is 0 Å². The van der Waals surface area contributed by atoms with E-state index in [1.807, 2.05) is 0 Å². The van der Waals surface area contributed by atoms with Crippen molar-refractivity contribution >= 4 is 0 Å². The van der Waals surface area contributed by atoms with E-state index in [-0.39, 0.29) is 5.60 Å². The smallest absolute Gasteiger partial charge is 0.0821 e. The van der Waals surface area contributed by atoms with E-state index in [1.54, 1.807) is 0 Å². The largest absolute Gasteiger partial charge is 0.376 e. The molecule has 0 radical (unpaired) electrons. The lowest BCUT2D eigenvalue weighted by Crippen LogP contribution is -2.48. The predicted molar refractivity (Wildman–Crippen MR) is 73.4 cm³/mol. The summed E-state index contributed by atoms with van der Waals surface area (Å²) in [5.74, 6) is 0. The third-order valence-corrected chi connectivity index (χ3v) is 4.85. The Bertz CT molecular complexity index is 260. The molecule has 3 heterocycles. The van der Waals surface area contributed by atoms with Crippen molar-refractivity contribution in [2.24, 2.45) is 0 Å². The molecule has 19 heavy (non-hydrogen) atoms. The first-order valence-electron chi connectivity index (χ1n) is 7.92. The van der Waals surface area contributed by atoms with Gasteiger partial charge in [-0.1, -0.05) is 0 Å². The fourth-order valence-electron chi connectivity index (χ4n) is 3.52. The third-order valence-electron chi connectivity index (χ3n) is 4.85. The van der Waals surface area contributed by atoms with Crippen LogP contribution in [0.2, 0.25) is 0 Å². The Morgan fingerprint density at radius 2 is 1.89 bits per heavy atom. The Morgan fingerprint density at radius 3 is 2.58 bits per heavy atom. The van der Waals surface area contributed by atoms with Crippen molar-refractivity contribution in [2.45, 2.75) is 50.2 Å². The van der Waals surface area contributed by atoms with E-state index < -0.39 is 0 Å². The molecule has 3 aliphatic rings. The molecule has 110 valence electrons. The van der Waals surface area contributed by atoms with Gasteiger partial charge in [0.1, 0.15) is 0 Å². The second-order valence-corrected chi connectivity index (χ2v) is 6.19. The van der Waals surface area contributed by atoms with Crippen LogP contribution in [0.25, 0.3) is 0 Å². The van der Waals surface area contributed by atoms with E-state index in [9.17, 15) is 0 Å². The molecule has 1 unspecified atom stereocenters. The molecule has 0 bridgehead atoms. The summed E-state index contributed by atoms with van der Waals surface area (Å²) in [6.45, 7) is 6.81. The van der Waals surface area contributed by atoms with E-state index in [4.69, 9.17) is 14.2 Å². The predicted octanol–water partition coefficient (Wildman–Crippen LogP) is 1.83. The molecule has 0 saturated carbocycles. The molecular weight excluding hydrogens is 242 g/mol. The SMILES string of the molecule is C1CCC2(CCN(CCC3COCCO3)CC2)OC1. The lowest BCUT2D eigenvalue weighted by molar-refractivity contribution is -0.116. The molecule has 3 fully saturated rings. The Morgan fingerprint density at radius 1 is 1.00 bits per heavy atom. The highest BCUT2D eigenvalue weighted by Gasteiger charge is 2.36. The van der Waals surface area contributed by atoms with Crippen molar-refractivity contribution in [3.05, 3.63) is 0 Å². The number of ether oxygens (including phenoxy) is 3. The zero-order chi connectivity index (χ0) is 13.0. The average molecular weight is 269 g/mol. The first-order valence-corrected chi connectivity index (χ1v) is 7.92. The fraction of sp³-hybridized carbons (Fsp3) is 1.00. The van der Waals surface area contributed by atoms with Crippen LogP contribution in [0.3, 0.4) is 0 Å². The van der Waals surface area contributed by atoms with Crippen LogP contribution in [-0.2, 0) is 14.2 Å². The lowest BCUT2D eigenvalue weighted by Gasteiger charge is -2.44. The number of hydrogen-bond donors (Lipinski definition) is 0. The van der Waals surface area contributed by atoms with E-state index in [0.29, 0.717) is 6.10 Å². The summed E-state index contributed by atoms with van der Waals surface area (Å²) in [5, 5.41) is 0. The van der Waals surface area contributed by atoms with Crippen molar-refractivity contribution in [3.63, 3.8) is 0 Å². The molecule has 0 amide bonds. The zero-order valence-corrected chi connectivity index (χ0v) is 11.9. The Balaban J connectivity index is 1.37. The minimum atomic E-state index is 0.235. The molecule has 3 aliphatic heterocycles. The second kappa shape index (κ2) is 6.53. The van der Waals surface area contributed by atoms with Gasteiger partial charge < -0.3 is 19.1 Å². The molecule has 0 aromatic rings. The van der Waals surface area contributed by atoms with Crippen LogP contribution >= 0.6 is 0 Å². The topological polar surface area (TPSA) is 30.9 Å². The van der Waals surface area contributed by atoms with Gasteiger partial charge >= 0.3 is 0 Å². The molecule has 3 rings (SSSR count). The summed E-state index contributed by atoms with van der Waals surface area (Å²) < 4.78 is 17.2. The van der Waals surface area contributed by atoms with Crippen molar-refractivity contribution in [3.8, 4) is 0 Å². The van der Waals surface area contributed by atoms with Crippen LogP contribution in [0.4, 0.5) is 0 Å². The lowest BCUT2D eigenvalue weighted by atomic mass is 9.84. The molecule has 0 N–H and O–H groups in total. The highest BCUT2D eigenvalue weighted by molar-refractivity contribution is 4.89. The zero-order valence-electron chi connectivity index (χ0n) is 11.9. The summed E-state index contributed by atoms with van der Waals surface area (Å²) in [7, 11) is 0. The molecule has 3 saturated heterocycles. The summed E-state index contributed by atoms with van der Waals surface area (Å²) in [6.07, 6.45) is 7.74. The van der Waals surface area contributed by atoms with Gasteiger partial charge in [0.05, 0.1) is 31.5 Å². The minimum Gasteiger partial charge on any atom is -0.376 e. The Hall–Kier alpha value is -0.160. The molecule has 0 aromatic heterocycles. The normalized spacial score (nSPS) is 32.5. The van der Waals surface area contributed by atoms with Gasteiger partial charge in [-0.05, 0) is 38.5 Å². The molecule has 1 spiro atoms. The van der Waals surface area contributed by atoms with E-state index in [0.717, 1.165) is 39.4 Å². The first-order chi connectivity index (χ1) is 9.36. The van der Waals surface area contributed by atoms with Gasteiger partial charge in [0, 0.05) is 26.2 Å². The van der Waals surface area contributed by atoms with Gasteiger partial charge in [0.2, 0.25) is 0 Å². The van der Waals surface area contributed by atoms with Crippen LogP contribution in [0, 0.1) is 0 Å². The van der Waals surface area contributed by atoms with Gasteiger partial charge in [-0.3, -0.25) is 0 Å². The van der Waals surface area contributed by atoms with Gasteiger partial charge in [-0.2, -0.15) is 0 Å². The first kappa shape index (κ1) is 13.8. The highest BCUT2D eigenvalue weighted by Crippen LogP contribution is 2.34. The standard InChI is InChI=1S/C15H27NO3/c1-2-10-19-15(4-1)5-8-16(9-6-15)7-3-14-13-17-11-12-18-14/h14H,1-13H2.